The van der Waals surface area contributed by atoms with Crippen LogP contribution in [0.2, 0.25) is 0 Å². The maximum Gasteiger partial charge on any atom is 0.325 e. The van der Waals surface area contributed by atoms with Crippen molar-refractivity contribution in [3.8, 4) is 0 Å². The molecule has 2 fully saturated rings. The van der Waals surface area contributed by atoms with Gasteiger partial charge in [0.2, 0.25) is 10.0 Å². The number of carbonyl (C=O) groups is 2. The third-order valence-corrected chi connectivity index (χ3v) is 7.93. The number of sulfonamides is 1. The number of morpholine rings is 1. The number of furan rings is 1. The predicted molar refractivity (Wildman–Crippen MR) is 119 cm³/mol. The molecule has 2 aliphatic rings. The number of hydrogen-bond donors (Lipinski definition) is 1. The van der Waals surface area contributed by atoms with Crippen molar-refractivity contribution in [2.75, 3.05) is 26.3 Å². The van der Waals surface area contributed by atoms with Crippen LogP contribution < -0.4 is 5.32 Å². The highest BCUT2D eigenvalue weighted by atomic mass is 32.2. The molecule has 2 aromatic carbocycles. The molecular formula is C23H23N3O6S. The molecule has 10 heteroatoms. The summed E-state index contributed by atoms with van der Waals surface area (Å²) in [6, 6.07) is 14.8. The van der Waals surface area contributed by atoms with Gasteiger partial charge in [0, 0.05) is 18.5 Å². The Kier molecular flexibility index (Phi) is 5.23. The number of benzene rings is 2. The molecule has 2 aliphatic heterocycles. The molecule has 1 N–H and O–H groups in total. The Labute approximate surface area is 191 Å². The van der Waals surface area contributed by atoms with Gasteiger partial charge in [-0.15, -0.1) is 0 Å². The van der Waals surface area contributed by atoms with Crippen molar-refractivity contribution in [2.45, 2.75) is 23.9 Å². The summed E-state index contributed by atoms with van der Waals surface area (Å²) in [5.74, 6) is -0.124. The van der Waals surface area contributed by atoms with Crippen LogP contribution in [-0.4, -0.2) is 55.9 Å². The zero-order valence-corrected chi connectivity index (χ0v) is 18.8. The van der Waals surface area contributed by atoms with Crippen LogP contribution in [-0.2, 0) is 31.6 Å². The number of rotatable bonds is 5. The number of amides is 3. The molecule has 0 saturated carbocycles. The molecular weight excluding hydrogens is 446 g/mol. The topological polar surface area (TPSA) is 109 Å². The number of urea groups is 1. The van der Waals surface area contributed by atoms with E-state index < -0.39 is 27.5 Å². The molecule has 0 aliphatic carbocycles. The highest BCUT2D eigenvalue weighted by molar-refractivity contribution is 7.89. The van der Waals surface area contributed by atoms with Crippen LogP contribution in [0.25, 0.3) is 11.0 Å². The second-order valence-electron chi connectivity index (χ2n) is 8.26. The summed E-state index contributed by atoms with van der Waals surface area (Å²) < 4.78 is 38.4. The quantitative estimate of drug-likeness (QED) is 0.575. The molecule has 2 saturated heterocycles. The van der Waals surface area contributed by atoms with Crippen LogP contribution in [0, 0.1) is 0 Å². The van der Waals surface area contributed by atoms with Crippen molar-refractivity contribution >= 4 is 32.9 Å². The van der Waals surface area contributed by atoms with Gasteiger partial charge in [0.15, 0.2) is 5.54 Å². The lowest BCUT2D eigenvalue weighted by Gasteiger charge is -2.26. The van der Waals surface area contributed by atoms with Gasteiger partial charge in [0.1, 0.15) is 11.3 Å². The minimum atomic E-state index is -3.69. The average molecular weight is 470 g/mol. The van der Waals surface area contributed by atoms with Crippen molar-refractivity contribution in [1.82, 2.24) is 14.5 Å². The number of imide groups is 1. The third kappa shape index (κ3) is 3.69. The summed E-state index contributed by atoms with van der Waals surface area (Å²) >= 11 is 0. The van der Waals surface area contributed by atoms with Gasteiger partial charge >= 0.3 is 6.03 Å². The van der Waals surface area contributed by atoms with Gasteiger partial charge in [-0.1, -0.05) is 30.3 Å². The largest absolute Gasteiger partial charge is 0.458 e. The van der Waals surface area contributed by atoms with E-state index >= 15 is 0 Å². The third-order valence-electron chi connectivity index (χ3n) is 6.04. The lowest BCUT2D eigenvalue weighted by atomic mass is 9.98. The molecule has 0 unspecified atom stereocenters. The van der Waals surface area contributed by atoms with E-state index in [2.05, 4.69) is 5.32 Å². The fraction of sp³-hybridized carbons (Fsp3) is 0.304. The summed E-state index contributed by atoms with van der Waals surface area (Å²) in [6.07, 6.45) is 0. The molecule has 3 aromatic rings. The SMILES string of the molecule is C[C@]1(c2cc3ccccc3o2)NC(=O)N(Cc2cccc(S(=O)(=O)N3CCOCC3)c2)C1=O. The molecule has 33 heavy (non-hydrogen) atoms. The molecule has 3 amide bonds. The smallest absolute Gasteiger partial charge is 0.325 e. The summed E-state index contributed by atoms with van der Waals surface area (Å²) in [6.45, 7) is 2.81. The first-order chi connectivity index (χ1) is 15.8. The number of ether oxygens (including phenoxy) is 1. The molecule has 0 spiro atoms. The number of para-hydroxylation sites is 1. The Hall–Kier alpha value is -3.21. The monoisotopic (exact) mass is 469 g/mol. The van der Waals surface area contributed by atoms with Gasteiger partial charge in [-0.3, -0.25) is 9.69 Å². The van der Waals surface area contributed by atoms with E-state index in [0.717, 1.165) is 10.3 Å². The highest BCUT2D eigenvalue weighted by Crippen LogP contribution is 2.33. The first-order valence-electron chi connectivity index (χ1n) is 10.6. The molecule has 9 nitrogen and oxygen atoms in total. The van der Waals surface area contributed by atoms with Crippen molar-refractivity contribution in [3.05, 3.63) is 65.9 Å². The fourth-order valence-electron chi connectivity index (χ4n) is 4.16. The predicted octanol–water partition coefficient (Wildman–Crippen LogP) is 2.42. The second-order valence-corrected chi connectivity index (χ2v) is 10.2. The zero-order chi connectivity index (χ0) is 23.2. The Morgan fingerprint density at radius 2 is 1.79 bits per heavy atom. The van der Waals surface area contributed by atoms with Crippen LogP contribution in [0.3, 0.4) is 0 Å². The standard InChI is InChI=1S/C23H23N3O6S/c1-23(20-14-17-6-2-3-8-19(17)32-20)21(27)26(22(28)24-23)15-16-5-4-7-18(13-16)33(29,30)25-9-11-31-12-10-25/h2-8,13-14H,9-12,15H2,1H3,(H,24,28)/t23-/m1/s1. The highest BCUT2D eigenvalue weighted by Gasteiger charge is 2.51. The van der Waals surface area contributed by atoms with Crippen LogP contribution in [0.5, 0.6) is 0 Å². The Bertz CT molecular complexity index is 1310. The van der Waals surface area contributed by atoms with E-state index in [1.165, 1.54) is 16.4 Å². The lowest BCUT2D eigenvalue weighted by Crippen LogP contribution is -2.40. The van der Waals surface area contributed by atoms with E-state index in [1.807, 2.05) is 18.2 Å². The van der Waals surface area contributed by atoms with Gasteiger partial charge in [0.25, 0.3) is 5.91 Å². The van der Waals surface area contributed by atoms with Crippen molar-refractivity contribution < 1.29 is 27.2 Å². The Morgan fingerprint density at radius 1 is 1.03 bits per heavy atom. The Morgan fingerprint density at radius 3 is 2.55 bits per heavy atom. The molecule has 172 valence electrons. The number of carbonyl (C=O) groups excluding carboxylic acids is 2. The normalized spacial score (nSPS) is 22.2. The number of nitrogens with zero attached hydrogens (tertiary/aromatic N) is 2. The molecule has 0 radical (unpaired) electrons. The van der Waals surface area contributed by atoms with E-state index in [1.54, 1.807) is 31.2 Å². The summed E-state index contributed by atoms with van der Waals surface area (Å²) in [7, 11) is -3.69. The van der Waals surface area contributed by atoms with E-state index in [-0.39, 0.29) is 24.5 Å². The molecule has 0 bridgehead atoms. The van der Waals surface area contributed by atoms with Crippen LogP contribution in [0.15, 0.2) is 63.9 Å². The van der Waals surface area contributed by atoms with Gasteiger partial charge in [-0.2, -0.15) is 4.31 Å². The van der Waals surface area contributed by atoms with Crippen molar-refractivity contribution in [1.29, 1.82) is 0 Å². The lowest BCUT2D eigenvalue weighted by molar-refractivity contribution is -0.132. The van der Waals surface area contributed by atoms with Gasteiger partial charge in [0.05, 0.1) is 24.7 Å². The van der Waals surface area contributed by atoms with Gasteiger partial charge in [-0.25, -0.2) is 13.2 Å². The van der Waals surface area contributed by atoms with Gasteiger partial charge in [-0.05, 0) is 36.8 Å². The van der Waals surface area contributed by atoms with Gasteiger partial charge < -0.3 is 14.5 Å². The Balaban J connectivity index is 1.40. The first kappa shape index (κ1) is 21.6. The first-order valence-corrected chi connectivity index (χ1v) is 12.0. The van der Waals surface area contributed by atoms with Crippen molar-refractivity contribution in [2.24, 2.45) is 0 Å². The van der Waals surface area contributed by atoms with Crippen molar-refractivity contribution in [3.63, 3.8) is 0 Å². The van der Waals surface area contributed by atoms with Crippen LogP contribution >= 0.6 is 0 Å². The molecule has 3 heterocycles. The molecule has 1 atom stereocenters. The maximum absolute atomic E-state index is 13.3. The number of fused-ring (bicyclic) bond motifs is 1. The summed E-state index contributed by atoms with van der Waals surface area (Å²) in [5, 5.41) is 3.56. The number of nitrogens with one attached hydrogen (secondary N) is 1. The van der Waals surface area contributed by atoms with Crippen LogP contribution in [0.4, 0.5) is 4.79 Å². The second kappa shape index (κ2) is 7.98. The zero-order valence-electron chi connectivity index (χ0n) is 18.0. The number of hydrogen-bond acceptors (Lipinski definition) is 6. The molecule has 5 rings (SSSR count). The van der Waals surface area contributed by atoms with Crippen LogP contribution in [0.1, 0.15) is 18.2 Å². The average Bonchev–Trinajstić information content (AvgIpc) is 3.36. The minimum Gasteiger partial charge on any atom is -0.458 e. The fourth-order valence-corrected chi connectivity index (χ4v) is 5.64. The molecule has 1 aromatic heterocycles. The maximum atomic E-state index is 13.3. The summed E-state index contributed by atoms with van der Waals surface area (Å²) in [5.41, 5.74) is -0.204. The van der Waals surface area contributed by atoms with E-state index in [0.29, 0.717) is 30.1 Å². The minimum absolute atomic E-state index is 0.0625. The van der Waals surface area contributed by atoms with E-state index in [4.69, 9.17) is 9.15 Å². The van der Waals surface area contributed by atoms with E-state index in [9.17, 15) is 18.0 Å². The summed E-state index contributed by atoms with van der Waals surface area (Å²) in [4.78, 5) is 27.2.